The standard InChI is InChI=1S/C21H29N3O/c1-15-23-19-12-8-7-11-17(19)20(24-15)22-13-18(21(2,3)14-25)16-9-5-4-6-10-16/h4-6,9-10,18,25H,7-8,11-14H2,1-3H3,(H,22,23,24). The van der Waals surface area contributed by atoms with Gasteiger partial charge < -0.3 is 10.4 Å². The average molecular weight is 339 g/mol. The Bertz CT molecular complexity index is 713. The van der Waals surface area contributed by atoms with Gasteiger partial charge in [0.05, 0.1) is 0 Å². The third kappa shape index (κ3) is 4.01. The smallest absolute Gasteiger partial charge is 0.133 e. The summed E-state index contributed by atoms with van der Waals surface area (Å²) in [6.07, 6.45) is 4.53. The number of aliphatic hydroxyl groups is 1. The quantitative estimate of drug-likeness (QED) is 0.838. The van der Waals surface area contributed by atoms with Gasteiger partial charge in [0.2, 0.25) is 0 Å². The van der Waals surface area contributed by atoms with Crippen LogP contribution in [0.15, 0.2) is 30.3 Å². The summed E-state index contributed by atoms with van der Waals surface area (Å²) in [6.45, 7) is 7.10. The third-order valence-corrected chi connectivity index (χ3v) is 5.32. The van der Waals surface area contributed by atoms with Gasteiger partial charge >= 0.3 is 0 Å². The highest BCUT2D eigenvalue weighted by atomic mass is 16.3. The topological polar surface area (TPSA) is 58.0 Å². The second-order valence-electron chi connectivity index (χ2n) is 7.74. The van der Waals surface area contributed by atoms with E-state index in [9.17, 15) is 5.11 Å². The lowest BCUT2D eigenvalue weighted by molar-refractivity contribution is 0.134. The minimum absolute atomic E-state index is 0.148. The Labute approximate surface area is 150 Å². The summed E-state index contributed by atoms with van der Waals surface area (Å²) >= 11 is 0. The van der Waals surface area contributed by atoms with Crippen LogP contribution in [0.1, 0.15) is 55.3 Å². The molecule has 1 heterocycles. The van der Waals surface area contributed by atoms with Gasteiger partial charge in [-0.25, -0.2) is 9.97 Å². The summed E-state index contributed by atoms with van der Waals surface area (Å²) in [4.78, 5) is 9.31. The molecule has 0 aliphatic heterocycles. The van der Waals surface area contributed by atoms with E-state index in [4.69, 9.17) is 0 Å². The third-order valence-electron chi connectivity index (χ3n) is 5.32. The highest BCUT2D eigenvalue weighted by Gasteiger charge is 2.30. The van der Waals surface area contributed by atoms with Gasteiger partial charge in [-0.2, -0.15) is 0 Å². The number of hydrogen-bond acceptors (Lipinski definition) is 4. The first-order valence-corrected chi connectivity index (χ1v) is 9.27. The van der Waals surface area contributed by atoms with Crippen molar-refractivity contribution in [2.24, 2.45) is 5.41 Å². The van der Waals surface area contributed by atoms with Crippen LogP contribution in [0.2, 0.25) is 0 Å². The maximum Gasteiger partial charge on any atom is 0.133 e. The zero-order chi connectivity index (χ0) is 17.9. The first-order chi connectivity index (χ1) is 12.0. The predicted octanol–water partition coefficient (Wildman–Crippen LogP) is 3.88. The average Bonchev–Trinajstić information content (AvgIpc) is 2.62. The van der Waals surface area contributed by atoms with E-state index in [0.717, 1.165) is 31.0 Å². The zero-order valence-corrected chi connectivity index (χ0v) is 15.5. The molecule has 0 bridgehead atoms. The number of nitrogens with one attached hydrogen (secondary N) is 1. The Balaban J connectivity index is 1.86. The molecule has 0 fully saturated rings. The Morgan fingerprint density at radius 2 is 1.84 bits per heavy atom. The Hall–Kier alpha value is -1.94. The molecule has 1 aromatic heterocycles. The van der Waals surface area contributed by atoms with Crippen LogP contribution >= 0.6 is 0 Å². The summed E-state index contributed by atoms with van der Waals surface area (Å²) in [7, 11) is 0. The lowest BCUT2D eigenvalue weighted by Crippen LogP contribution is -2.32. The molecule has 2 aromatic rings. The first-order valence-electron chi connectivity index (χ1n) is 9.27. The number of aryl methyl sites for hydroxylation is 2. The van der Waals surface area contributed by atoms with Gasteiger partial charge in [-0.1, -0.05) is 44.2 Å². The van der Waals surface area contributed by atoms with Crippen molar-refractivity contribution in [1.29, 1.82) is 0 Å². The molecule has 2 N–H and O–H groups in total. The number of benzene rings is 1. The van der Waals surface area contributed by atoms with E-state index < -0.39 is 0 Å². The predicted molar refractivity (Wildman–Crippen MR) is 102 cm³/mol. The van der Waals surface area contributed by atoms with E-state index in [1.807, 2.05) is 13.0 Å². The first kappa shape index (κ1) is 17.9. The van der Waals surface area contributed by atoms with Crippen LogP contribution in [-0.4, -0.2) is 28.2 Å². The highest BCUT2D eigenvalue weighted by Crippen LogP contribution is 2.36. The van der Waals surface area contributed by atoms with Crippen molar-refractivity contribution >= 4 is 5.82 Å². The highest BCUT2D eigenvalue weighted by molar-refractivity contribution is 5.48. The maximum atomic E-state index is 9.91. The SMILES string of the molecule is Cc1nc2c(c(NCC(c3ccccc3)C(C)(C)CO)n1)CCCC2. The molecule has 1 aromatic carbocycles. The second kappa shape index (κ2) is 7.52. The van der Waals surface area contributed by atoms with Gasteiger partial charge in [-0.15, -0.1) is 0 Å². The molecule has 4 heteroatoms. The molecule has 0 amide bonds. The lowest BCUT2D eigenvalue weighted by atomic mass is 9.75. The van der Waals surface area contributed by atoms with Gasteiger partial charge in [0.25, 0.3) is 0 Å². The van der Waals surface area contributed by atoms with E-state index in [0.29, 0.717) is 0 Å². The fourth-order valence-corrected chi connectivity index (χ4v) is 3.70. The molecule has 3 rings (SSSR count). The van der Waals surface area contributed by atoms with Gasteiger partial charge in [-0.05, 0) is 43.6 Å². The number of anilines is 1. The number of fused-ring (bicyclic) bond motifs is 1. The molecule has 0 spiro atoms. The van der Waals surface area contributed by atoms with Crippen LogP contribution in [0.3, 0.4) is 0 Å². The van der Waals surface area contributed by atoms with Gasteiger partial charge in [-0.3, -0.25) is 0 Å². The molecule has 134 valence electrons. The minimum atomic E-state index is -0.212. The fourth-order valence-electron chi connectivity index (χ4n) is 3.70. The van der Waals surface area contributed by atoms with Gasteiger partial charge in [0.15, 0.2) is 0 Å². The van der Waals surface area contributed by atoms with Crippen LogP contribution in [0.25, 0.3) is 0 Å². The van der Waals surface area contributed by atoms with E-state index in [1.54, 1.807) is 0 Å². The minimum Gasteiger partial charge on any atom is -0.396 e. The molecule has 0 saturated carbocycles. The molecule has 1 unspecified atom stereocenters. The van der Waals surface area contributed by atoms with Crippen LogP contribution < -0.4 is 5.32 Å². The summed E-state index contributed by atoms with van der Waals surface area (Å²) in [5.74, 6) is 2.02. The van der Waals surface area contributed by atoms with E-state index in [1.165, 1.54) is 29.7 Å². The van der Waals surface area contributed by atoms with Crippen molar-refractivity contribution in [3.63, 3.8) is 0 Å². The van der Waals surface area contributed by atoms with Crippen molar-refractivity contribution in [1.82, 2.24) is 9.97 Å². The molecule has 0 saturated heterocycles. The Morgan fingerprint density at radius 1 is 1.12 bits per heavy atom. The monoisotopic (exact) mass is 339 g/mol. The number of aliphatic hydroxyl groups excluding tert-OH is 1. The van der Waals surface area contributed by atoms with E-state index in [-0.39, 0.29) is 17.9 Å². The van der Waals surface area contributed by atoms with Crippen molar-refractivity contribution in [3.8, 4) is 0 Å². The van der Waals surface area contributed by atoms with Crippen molar-refractivity contribution < 1.29 is 5.11 Å². The molecule has 25 heavy (non-hydrogen) atoms. The van der Waals surface area contributed by atoms with Crippen molar-refractivity contribution in [2.75, 3.05) is 18.5 Å². The van der Waals surface area contributed by atoms with Crippen LogP contribution in [0.4, 0.5) is 5.82 Å². The Morgan fingerprint density at radius 3 is 2.56 bits per heavy atom. The number of aromatic nitrogens is 2. The lowest BCUT2D eigenvalue weighted by Gasteiger charge is -2.34. The molecule has 0 radical (unpaired) electrons. The summed E-state index contributed by atoms with van der Waals surface area (Å²) in [6, 6.07) is 10.4. The molecule has 1 aliphatic rings. The van der Waals surface area contributed by atoms with E-state index in [2.05, 4.69) is 53.4 Å². The van der Waals surface area contributed by atoms with Crippen LogP contribution in [0.5, 0.6) is 0 Å². The van der Waals surface area contributed by atoms with Crippen LogP contribution in [-0.2, 0) is 12.8 Å². The summed E-state index contributed by atoms with van der Waals surface area (Å²) < 4.78 is 0. The summed E-state index contributed by atoms with van der Waals surface area (Å²) in [5, 5.41) is 13.5. The van der Waals surface area contributed by atoms with Crippen molar-refractivity contribution in [2.45, 2.75) is 52.4 Å². The Kier molecular flexibility index (Phi) is 5.38. The molecular weight excluding hydrogens is 310 g/mol. The van der Waals surface area contributed by atoms with Crippen molar-refractivity contribution in [3.05, 3.63) is 53.0 Å². The number of rotatable bonds is 6. The van der Waals surface area contributed by atoms with Gasteiger partial charge in [0.1, 0.15) is 11.6 Å². The normalized spacial score (nSPS) is 15.5. The molecule has 4 nitrogen and oxygen atoms in total. The largest absolute Gasteiger partial charge is 0.396 e. The van der Waals surface area contributed by atoms with E-state index >= 15 is 0 Å². The second-order valence-corrected chi connectivity index (χ2v) is 7.74. The van der Waals surface area contributed by atoms with Crippen LogP contribution in [0, 0.1) is 12.3 Å². The van der Waals surface area contributed by atoms with Gasteiger partial charge in [0, 0.05) is 30.3 Å². The fraction of sp³-hybridized carbons (Fsp3) is 0.524. The maximum absolute atomic E-state index is 9.91. The zero-order valence-electron chi connectivity index (χ0n) is 15.5. The number of nitrogens with zero attached hydrogens (tertiary/aromatic N) is 2. The summed E-state index contributed by atoms with van der Waals surface area (Å²) in [5.41, 5.74) is 3.52. The number of hydrogen-bond donors (Lipinski definition) is 2. The molecular formula is C21H29N3O. The molecule has 1 atom stereocenters. The molecule has 1 aliphatic carbocycles.